The van der Waals surface area contributed by atoms with Crippen LogP contribution in [0.3, 0.4) is 0 Å². The monoisotopic (exact) mass is 612 g/mol. The summed E-state index contributed by atoms with van der Waals surface area (Å²) < 4.78 is 5.80. The molecule has 1 heterocycles. The van der Waals surface area contributed by atoms with Gasteiger partial charge in [0.15, 0.2) is 6.61 Å². The van der Waals surface area contributed by atoms with Crippen molar-refractivity contribution in [3.05, 3.63) is 173 Å². The number of rotatable bonds is 12. The second-order valence-corrected chi connectivity index (χ2v) is 11.7. The number of imide groups is 1. The van der Waals surface area contributed by atoms with Crippen molar-refractivity contribution < 1.29 is 19.2 Å². The number of ether oxygens (including phenoxy) is 1. The summed E-state index contributed by atoms with van der Waals surface area (Å²) in [5, 5.41) is 3.14. The number of nitrogens with zero attached hydrogens (tertiary/aromatic N) is 2. The second-order valence-electron chi connectivity index (χ2n) is 10.5. The van der Waals surface area contributed by atoms with Crippen LogP contribution in [-0.2, 0) is 21.6 Å². The quantitative estimate of drug-likeness (QED) is 0.0625. The van der Waals surface area contributed by atoms with Crippen LogP contribution in [0.5, 0.6) is 5.75 Å². The molecule has 1 atom stereocenters. The van der Waals surface area contributed by atoms with Gasteiger partial charge in [0.2, 0.25) is 5.91 Å². The molecule has 0 aromatic heterocycles. The normalized spacial score (nSPS) is 15.0. The third-order valence-corrected chi connectivity index (χ3v) is 8.73. The Morgan fingerprint density at radius 2 is 1.18 bits per heavy atom. The number of hydrogen-bond acceptors (Lipinski definition) is 6. The Labute approximate surface area is 267 Å². The molecule has 0 aliphatic carbocycles. The number of benzene rings is 5. The summed E-state index contributed by atoms with van der Waals surface area (Å²) in [6.45, 7) is 0.648. The lowest BCUT2D eigenvalue weighted by Gasteiger charge is -2.42. The van der Waals surface area contributed by atoms with E-state index in [2.05, 4.69) is 5.16 Å². The molecule has 0 N–H and O–H groups in total. The molecule has 6 rings (SSSR count). The van der Waals surface area contributed by atoms with Crippen LogP contribution in [0, 0.1) is 0 Å². The van der Waals surface area contributed by atoms with Gasteiger partial charge in [-0.05, 0) is 46.4 Å². The number of carbonyl (C=O) groups excluding carboxylic acids is 2. The van der Waals surface area contributed by atoms with Crippen molar-refractivity contribution in [3.8, 4) is 5.75 Å². The number of amides is 2. The molecule has 45 heavy (non-hydrogen) atoms. The van der Waals surface area contributed by atoms with E-state index in [1.807, 2.05) is 146 Å². The molecule has 5 aromatic rings. The van der Waals surface area contributed by atoms with Gasteiger partial charge >= 0.3 is 0 Å². The lowest BCUT2D eigenvalue weighted by molar-refractivity contribution is -0.129. The minimum absolute atomic E-state index is 0.213. The number of hydrogen-bond donors (Lipinski definition) is 0. The molecule has 1 aliphatic heterocycles. The third-order valence-electron chi connectivity index (χ3n) is 7.70. The first-order chi connectivity index (χ1) is 22.2. The molecule has 1 unspecified atom stereocenters. The van der Waals surface area contributed by atoms with E-state index < -0.39 is 10.8 Å². The number of carbonyl (C=O) groups is 2. The van der Waals surface area contributed by atoms with Crippen LogP contribution < -0.4 is 4.74 Å². The number of thioether (sulfide) groups is 1. The Balaban J connectivity index is 1.18. The molecule has 6 nitrogen and oxygen atoms in total. The predicted octanol–water partition coefficient (Wildman–Crippen LogP) is 7.71. The maximum atomic E-state index is 14.3. The molecule has 1 fully saturated rings. The summed E-state index contributed by atoms with van der Waals surface area (Å²) in [7, 11) is 0. The molecule has 1 saturated heterocycles. The van der Waals surface area contributed by atoms with Crippen molar-refractivity contribution in [2.75, 3.05) is 13.2 Å². The van der Waals surface area contributed by atoms with Crippen molar-refractivity contribution in [1.29, 1.82) is 0 Å². The highest BCUT2D eigenvalue weighted by Gasteiger charge is 2.53. The van der Waals surface area contributed by atoms with Crippen molar-refractivity contribution in [1.82, 2.24) is 4.90 Å². The SMILES string of the molecule is O=C1SC(Cc2ccc(OCCO/N=C/c3ccccc3)cc2)C(=O)N1C(c1ccccc1)(c1ccccc1)c1ccccc1. The van der Waals surface area contributed by atoms with E-state index in [4.69, 9.17) is 9.57 Å². The van der Waals surface area contributed by atoms with Crippen molar-refractivity contribution in [2.24, 2.45) is 5.16 Å². The summed E-state index contributed by atoms with van der Waals surface area (Å²) in [6, 6.07) is 46.7. The Morgan fingerprint density at radius 3 is 1.71 bits per heavy atom. The van der Waals surface area contributed by atoms with Crippen LogP contribution in [-0.4, -0.2) is 40.7 Å². The predicted molar refractivity (Wildman–Crippen MR) is 178 cm³/mol. The van der Waals surface area contributed by atoms with Crippen molar-refractivity contribution in [2.45, 2.75) is 17.2 Å². The molecular weight excluding hydrogens is 580 g/mol. The van der Waals surface area contributed by atoms with Crippen molar-refractivity contribution >= 4 is 29.1 Å². The van der Waals surface area contributed by atoms with Gasteiger partial charge < -0.3 is 9.57 Å². The summed E-state index contributed by atoms with van der Waals surface area (Å²) in [5.74, 6) is 0.476. The minimum Gasteiger partial charge on any atom is -0.490 e. The van der Waals surface area contributed by atoms with Gasteiger partial charge in [-0.15, -0.1) is 0 Å². The van der Waals surface area contributed by atoms with Crippen LogP contribution in [0.4, 0.5) is 4.79 Å². The lowest BCUT2D eigenvalue weighted by Crippen LogP contribution is -2.51. The molecule has 224 valence electrons. The zero-order valence-electron chi connectivity index (χ0n) is 24.6. The fourth-order valence-corrected chi connectivity index (χ4v) is 6.70. The first-order valence-electron chi connectivity index (χ1n) is 14.8. The summed E-state index contributed by atoms with van der Waals surface area (Å²) >= 11 is 1.09. The van der Waals surface area contributed by atoms with E-state index in [0.29, 0.717) is 25.4 Å². The van der Waals surface area contributed by atoms with Crippen LogP contribution in [0.2, 0.25) is 0 Å². The molecule has 1 aliphatic rings. The van der Waals surface area contributed by atoms with Gasteiger partial charge in [-0.2, -0.15) is 0 Å². The summed E-state index contributed by atoms with van der Waals surface area (Å²) in [6.07, 6.45) is 2.07. The summed E-state index contributed by atoms with van der Waals surface area (Å²) in [5.41, 5.74) is 3.33. The smallest absolute Gasteiger partial charge is 0.290 e. The minimum atomic E-state index is -1.12. The largest absolute Gasteiger partial charge is 0.490 e. The molecule has 0 spiro atoms. The van der Waals surface area contributed by atoms with E-state index >= 15 is 0 Å². The van der Waals surface area contributed by atoms with Gasteiger partial charge in [-0.3, -0.25) is 14.5 Å². The lowest BCUT2D eigenvalue weighted by atomic mass is 9.75. The highest BCUT2D eigenvalue weighted by Crippen LogP contribution is 2.47. The average Bonchev–Trinajstić information content (AvgIpc) is 3.38. The van der Waals surface area contributed by atoms with E-state index in [1.165, 1.54) is 4.90 Å². The maximum absolute atomic E-state index is 14.3. The first-order valence-corrected chi connectivity index (χ1v) is 15.7. The van der Waals surface area contributed by atoms with Crippen LogP contribution >= 0.6 is 11.8 Å². The second kappa shape index (κ2) is 14.1. The van der Waals surface area contributed by atoms with Gasteiger partial charge in [-0.1, -0.05) is 150 Å². The van der Waals surface area contributed by atoms with Crippen LogP contribution in [0.25, 0.3) is 0 Å². The first kappa shape index (κ1) is 29.9. The Kier molecular flexibility index (Phi) is 9.37. The molecule has 0 bridgehead atoms. The third kappa shape index (κ3) is 6.54. The molecule has 0 saturated carbocycles. The Bertz CT molecular complexity index is 1630. The maximum Gasteiger partial charge on any atom is 0.290 e. The van der Waals surface area contributed by atoms with Crippen LogP contribution in [0.15, 0.2) is 151 Å². The van der Waals surface area contributed by atoms with Gasteiger partial charge in [0, 0.05) is 0 Å². The highest BCUT2D eigenvalue weighted by molar-refractivity contribution is 8.15. The molecule has 5 aromatic carbocycles. The van der Waals surface area contributed by atoms with E-state index in [1.54, 1.807) is 6.21 Å². The highest BCUT2D eigenvalue weighted by atomic mass is 32.2. The topological polar surface area (TPSA) is 68.2 Å². The molecule has 7 heteroatoms. The summed E-state index contributed by atoms with van der Waals surface area (Å²) in [4.78, 5) is 35.0. The number of oxime groups is 1. The van der Waals surface area contributed by atoms with Crippen LogP contribution in [0.1, 0.15) is 27.8 Å². The zero-order chi connectivity index (χ0) is 30.9. The van der Waals surface area contributed by atoms with Gasteiger partial charge in [-0.25, -0.2) is 0 Å². The van der Waals surface area contributed by atoms with E-state index in [-0.39, 0.29) is 11.1 Å². The molecular formula is C38H32N2O4S. The van der Waals surface area contributed by atoms with Gasteiger partial charge in [0.1, 0.15) is 17.9 Å². The average molecular weight is 613 g/mol. The molecule has 0 radical (unpaired) electrons. The van der Waals surface area contributed by atoms with Gasteiger partial charge in [0.25, 0.3) is 5.24 Å². The zero-order valence-corrected chi connectivity index (χ0v) is 25.4. The Morgan fingerprint density at radius 1 is 0.667 bits per heavy atom. The fourth-order valence-electron chi connectivity index (χ4n) is 5.64. The fraction of sp³-hybridized carbons (Fsp3) is 0.132. The van der Waals surface area contributed by atoms with Crippen molar-refractivity contribution in [3.63, 3.8) is 0 Å². The van der Waals surface area contributed by atoms with Gasteiger partial charge in [0.05, 0.1) is 11.5 Å². The standard InChI is InChI=1S/C38H32N2O4S/c41-36-35(27-29-21-23-34(24-22-29)43-25-26-44-39-28-30-13-5-1-6-14-30)45-37(42)40(36)38(31-15-7-2-8-16-31,32-17-9-3-10-18-32)33-19-11-4-12-20-33/h1-24,28,35H,25-27H2/b39-28+. The molecule has 2 amide bonds. The van der Waals surface area contributed by atoms with E-state index in [0.717, 1.165) is 39.6 Å². The Hall–Kier alpha value is -5.14. The van der Waals surface area contributed by atoms with E-state index in [9.17, 15) is 9.59 Å².